The van der Waals surface area contributed by atoms with Gasteiger partial charge in [-0.05, 0) is 25.1 Å². The van der Waals surface area contributed by atoms with E-state index in [-0.39, 0.29) is 0 Å². The fraction of sp³-hybridized carbons (Fsp3) is 0.148. The Morgan fingerprint density at radius 1 is 1.00 bits per heavy atom. The van der Waals surface area contributed by atoms with E-state index in [1.54, 1.807) is 12.1 Å². The topological polar surface area (TPSA) is 107 Å². The van der Waals surface area contributed by atoms with Crippen LogP contribution in [0.2, 0.25) is 5.02 Å². The molecule has 8 nitrogen and oxygen atoms in total. The number of methoxy groups -OCH3 is 1. The van der Waals surface area contributed by atoms with E-state index in [0.29, 0.717) is 32.5 Å². The first-order chi connectivity index (χ1) is 17.9. The second-order valence-electron chi connectivity index (χ2n) is 8.19. The Balaban J connectivity index is 1.22. The molecule has 0 spiro atoms. The summed E-state index contributed by atoms with van der Waals surface area (Å²) in [6.45, 7) is 1.01. The molecule has 5 aromatic rings. The van der Waals surface area contributed by atoms with E-state index in [1.807, 2.05) is 48.5 Å². The number of furan rings is 1. The van der Waals surface area contributed by atoms with Gasteiger partial charge >= 0.3 is 5.97 Å². The largest absolute Gasteiger partial charge is 0.495 e. The van der Waals surface area contributed by atoms with Crippen molar-refractivity contribution < 1.29 is 28.3 Å². The first-order valence-corrected chi connectivity index (χ1v) is 12.5. The summed E-state index contributed by atoms with van der Waals surface area (Å²) < 4.78 is 17.4. The molecule has 0 fully saturated rings. The molecule has 3 aromatic carbocycles. The lowest BCUT2D eigenvalue weighted by molar-refractivity contribution is -0.152. The Bertz CT molecular complexity index is 1670. The van der Waals surface area contributed by atoms with Crippen molar-refractivity contribution >= 4 is 78.4 Å². The maximum atomic E-state index is 12.8. The van der Waals surface area contributed by atoms with Crippen LogP contribution < -0.4 is 15.4 Å². The average Bonchev–Trinajstić information content (AvgIpc) is 3.43. The molecule has 2 heterocycles. The molecule has 5 rings (SSSR count). The minimum absolute atomic E-state index is 0.300. The summed E-state index contributed by atoms with van der Waals surface area (Å²) >= 11 is 7.55. The van der Waals surface area contributed by atoms with Crippen LogP contribution in [0.4, 0.5) is 5.69 Å². The number of benzene rings is 3. The lowest BCUT2D eigenvalue weighted by Gasteiger charge is -2.15. The van der Waals surface area contributed by atoms with Crippen molar-refractivity contribution in [3.8, 4) is 5.75 Å². The Kier molecular flexibility index (Phi) is 6.73. The Hall–Kier alpha value is -4.08. The summed E-state index contributed by atoms with van der Waals surface area (Å²) in [7, 11) is 1.49. The number of ether oxygens (including phenoxy) is 2. The molecule has 10 heteroatoms. The van der Waals surface area contributed by atoms with Crippen molar-refractivity contribution in [2.75, 3.05) is 19.0 Å². The predicted molar refractivity (Wildman–Crippen MR) is 144 cm³/mol. The van der Waals surface area contributed by atoms with Crippen molar-refractivity contribution in [1.29, 1.82) is 0 Å². The second-order valence-corrected chi connectivity index (χ2v) is 9.62. The molecule has 2 amide bonds. The number of carbonyl (C=O) groups is 3. The van der Waals surface area contributed by atoms with E-state index in [4.69, 9.17) is 25.5 Å². The first kappa shape index (κ1) is 24.6. The molecule has 0 saturated carbocycles. The summed E-state index contributed by atoms with van der Waals surface area (Å²) in [4.78, 5) is 37.9. The van der Waals surface area contributed by atoms with E-state index in [0.717, 1.165) is 20.9 Å². The normalized spacial score (nSPS) is 12.0. The van der Waals surface area contributed by atoms with Crippen LogP contribution in [0, 0.1) is 0 Å². The van der Waals surface area contributed by atoms with Gasteiger partial charge in [-0.3, -0.25) is 14.4 Å². The zero-order chi connectivity index (χ0) is 26.1. The predicted octanol–water partition coefficient (Wildman–Crippen LogP) is 5.76. The van der Waals surface area contributed by atoms with Gasteiger partial charge in [0.15, 0.2) is 6.10 Å². The number of halogens is 1. The van der Waals surface area contributed by atoms with Crippen molar-refractivity contribution in [2.45, 2.75) is 13.0 Å². The third-order valence-electron chi connectivity index (χ3n) is 5.77. The molecule has 2 aromatic heterocycles. The number of esters is 1. The molecule has 37 heavy (non-hydrogen) atoms. The highest BCUT2D eigenvalue weighted by Gasteiger charge is 2.22. The Morgan fingerprint density at radius 3 is 2.49 bits per heavy atom. The molecular weight excluding hydrogens is 516 g/mol. The van der Waals surface area contributed by atoms with Gasteiger partial charge in [0, 0.05) is 26.9 Å². The van der Waals surface area contributed by atoms with E-state index in [1.165, 1.54) is 25.4 Å². The maximum absolute atomic E-state index is 12.8. The van der Waals surface area contributed by atoms with Crippen LogP contribution in [0.15, 0.2) is 65.1 Å². The minimum Gasteiger partial charge on any atom is -0.495 e. The van der Waals surface area contributed by atoms with Crippen LogP contribution in [-0.2, 0) is 14.3 Å². The molecule has 0 aliphatic rings. The zero-order valence-corrected chi connectivity index (χ0v) is 21.4. The highest BCUT2D eigenvalue weighted by atomic mass is 35.5. The smallest absolute Gasteiger partial charge is 0.326 e. The van der Waals surface area contributed by atoms with Crippen LogP contribution in [0.1, 0.15) is 16.6 Å². The minimum atomic E-state index is -1.13. The Morgan fingerprint density at radius 2 is 1.73 bits per heavy atom. The van der Waals surface area contributed by atoms with E-state index < -0.39 is 30.4 Å². The molecule has 0 bridgehead atoms. The van der Waals surface area contributed by atoms with Crippen molar-refractivity contribution in [1.82, 2.24) is 5.32 Å². The van der Waals surface area contributed by atoms with Crippen LogP contribution in [0.5, 0.6) is 5.75 Å². The third-order valence-corrected chi connectivity index (χ3v) is 7.44. The number of rotatable bonds is 7. The quantitative estimate of drug-likeness (QED) is 0.256. The van der Waals surface area contributed by atoms with Gasteiger partial charge in [0.2, 0.25) is 0 Å². The van der Waals surface area contributed by atoms with Crippen molar-refractivity contribution in [3.63, 3.8) is 0 Å². The number of anilines is 1. The second kappa shape index (κ2) is 10.1. The number of nitrogens with one attached hydrogen (secondary N) is 2. The zero-order valence-electron chi connectivity index (χ0n) is 19.8. The first-order valence-electron chi connectivity index (χ1n) is 11.3. The average molecular weight is 537 g/mol. The molecule has 0 unspecified atom stereocenters. The molecule has 0 aliphatic heterocycles. The van der Waals surface area contributed by atoms with Crippen LogP contribution >= 0.6 is 22.9 Å². The summed E-state index contributed by atoms with van der Waals surface area (Å²) in [5, 5.41) is 8.07. The van der Waals surface area contributed by atoms with Gasteiger partial charge in [-0.1, -0.05) is 48.0 Å². The van der Waals surface area contributed by atoms with Crippen molar-refractivity contribution in [3.05, 3.63) is 70.6 Å². The SMILES string of the molecule is COc1cc2c(cc1NC(=O)[C@H](C)OC(=O)CNC(=O)c1sc3ccccc3c1Cl)oc1ccccc12. The summed E-state index contributed by atoms with van der Waals surface area (Å²) in [6, 6.07) is 18.4. The number of hydrogen-bond donors (Lipinski definition) is 2. The van der Waals surface area contributed by atoms with Gasteiger partial charge in [-0.15, -0.1) is 11.3 Å². The number of amides is 2. The number of hydrogen-bond acceptors (Lipinski definition) is 7. The number of thiophene rings is 1. The van der Waals surface area contributed by atoms with Gasteiger partial charge in [0.1, 0.15) is 28.3 Å². The molecule has 0 radical (unpaired) electrons. The van der Waals surface area contributed by atoms with Gasteiger partial charge in [0.05, 0.1) is 17.8 Å². The fourth-order valence-corrected chi connectivity index (χ4v) is 5.37. The number of fused-ring (bicyclic) bond motifs is 4. The van der Waals surface area contributed by atoms with Crippen molar-refractivity contribution in [2.24, 2.45) is 0 Å². The van der Waals surface area contributed by atoms with Gasteiger partial charge < -0.3 is 24.5 Å². The van der Waals surface area contributed by atoms with Gasteiger partial charge in [0.25, 0.3) is 11.8 Å². The summed E-state index contributed by atoms with van der Waals surface area (Å²) in [6.07, 6.45) is -1.13. The molecule has 0 saturated heterocycles. The van der Waals surface area contributed by atoms with Crippen LogP contribution in [-0.4, -0.2) is 37.5 Å². The lowest BCUT2D eigenvalue weighted by atomic mass is 10.1. The number of carbonyl (C=O) groups excluding carboxylic acids is 3. The third kappa shape index (κ3) is 4.83. The number of para-hydroxylation sites is 1. The fourth-order valence-electron chi connectivity index (χ4n) is 3.94. The monoisotopic (exact) mass is 536 g/mol. The highest BCUT2D eigenvalue weighted by Crippen LogP contribution is 2.37. The molecule has 188 valence electrons. The molecule has 2 N–H and O–H groups in total. The highest BCUT2D eigenvalue weighted by molar-refractivity contribution is 7.21. The molecule has 0 aliphatic carbocycles. The summed E-state index contributed by atoms with van der Waals surface area (Å²) in [5.74, 6) is -1.41. The van der Waals surface area contributed by atoms with Crippen LogP contribution in [0.25, 0.3) is 32.0 Å². The van der Waals surface area contributed by atoms with E-state index >= 15 is 0 Å². The molecule has 1 atom stereocenters. The lowest BCUT2D eigenvalue weighted by Crippen LogP contribution is -2.35. The van der Waals surface area contributed by atoms with Gasteiger partial charge in [-0.25, -0.2) is 0 Å². The maximum Gasteiger partial charge on any atom is 0.326 e. The van der Waals surface area contributed by atoms with Gasteiger partial charge in [-0.2, -0.15) is 0 Å². The van der Waals surface area contributed by atoms with E-state index in [2.05, 4.69) is 10.6 Å². The Labute approximate surface area is 220 Å². The molecular formula is C27H21ClN2O6S. The standard InChI is InChI=1S/C27H21ClN2O6S/c1-14(35-23(31)13-29-27(33)25-24(28)16-8-4-6-10-22(16)37-25)26(32)30-18-12-20-17(11-21(18)34-2)15-7-3-5-9-19(15)36-20/h3-12,14H,13H2,1-2H3,(H,29,33)(H,30,32)/t14-/m0/s1. The summed E-state index contributed by atoms with van der Waals surface area (Å²) in [5.41, 5.74) is 1.66. The van der Waals surface area contributed by atoms with Crippen LogP contribution in [0.3, 0.4) is 0 Å². The van der Waals surface area contributed by atoms with E-state index in [9.17, 15) is 14.4 Å².